The predicted molar refractivity (Wildman–Crippen MR) is 70.3 cm³/mol. The van der Waals surface area contributed by atoms with E-state index in [0.717, 1.165) is 42.8 Å². The summed E-state index contributed by atoms with van der Waals surface area (Å²) in [6.45, 7) is 3.24. The van der Waals surface area contributed by atoms with E-state index in [9.17, 15) is 0 Å². The van der Waals surface area contributed by atoms with Crippen molar-refractivity contribution < 1.29 is 5.11 Å². The molecule has 92 valence electrons. The maximum absolute atomic E-state index is 8.66. The minimum absolute atomic E-state index is 0.282. The van der Waals surface area contributed by atoms with Gasteiger partial charge >= 0.3 is 0 Å². The van der Waals surface area contributed by atoms with Crippen molar-refractivity contribution in [3.05, 3.63) is 23.8 Å². The summed E-state index contributed by atoms with van der Waals surface area (Å²) in [6.07, 6.45) is 2.97. The van der Waals surface area contributed by atoms with E-state index < -0.39 is 0 Å². The highest BCUT2D eigenvalue weighted by molar-refractivity contribution is 5.78. The molecule has 2 aromatic rings. The van der Waals surface area contributed by atoms with Crippen molar-refractivity contribution in [3.63, 3.8) is 0 Å². The summed E-state index contributed by atoms with van der Waals surface area (Å²) in [4.78, 5) is 7.71. The lowest BCUT2D eigenvalue weighted by Gasteiger charge is -2.01. The van der Waals surface area contributed by atoms with E-state index in [1.54, 1.807) is 0 Å². The van der Waals surface area contributed by atoms with Gasteiger partial charge < -0.3 is 15.4 Å². The Labute approximate surface area is 101 Å². The SMILES string of the molecule is Cc1ccc2nc(NCCCCCO)[nH]c2c1. The molecule has 0 aliphatic heterocycles. The largest absolute Gasteiger partial charge is 0.396 e. The lowest BCUT2D eigenvalue weighted by atomic mass is 10.2. The van der Waals surface area contributed by atoms with Crippen LogP contribution in [0.25, 0.3) is 11.0 Å². The van der Waals surface area contributed by atoms with Crippen LogP contribution in [0.1, 0.15) is 24.8 Å². The van der Waals surface area contributed by atoms with Gasteiger partial charge in [0.1, 0.15) is 0 Å². The molecule has 0 radical (unpaired) electrons. The average molecular weight is 233 g/mol. The molecule has 0 aliphatic carbocycles. The number of H-pyrrole nitrogens is 1. The molecular weight excluding hydrogens is 214 g/mol. The van der Waals surface area contributed by atoms with Crippen molar-refractivity contribution in [1.82, 2.24) is 9.97 Å². The third kappa shape index (κ3) is 3.20. The lowest BCUT2D eigenvalue weighted by Crippen LogP contribution is -2.03. The van der Waals surface area contributed by atoms with Gasteiger partial charge in [0, 0.05) is 13.2 Å². The van der Waals surface area contributed by atoms with Crippen molar-refractivity contribution in [2.75, 3.05) is 18.5 Å². The van der Waals surface area contributed by atoms with E-state index in [-0.39, 0.29) is 6.61 Å². The van der Waals surface area contributed by atoms with Gasteiger partial charge in [-0.2, -0.15) is 0 Å². The zero-order valence-electron chi connectivity index (χ0n) is 10.2. The molecule has 0 saturated heterocycles. The highest BCUT2D eigenvalue weighted by Crippen LogP contribution is 2.15. The number of nitrogens with one attached hydrogen (secondary N) is 2. The highest BCUT2D eigenvalue weighted by Gasteiger charge is 2.01. The maximum Gasteiger partial charge on any atom is 0.201 e. The van der Waals surface area contributed by atoms with Crippen LogP contribution in [-0.4, -0.2) is 28.2 Å². The number of aromatic nitrogens is 2. The van der Waals surface area contributed by atoms with E-state index in [4.69, 9.17) is 5.11 Å². The maximum atomic E-state index is 8.66. The summed E-state index contributed by atoms with van der Waals surface area (Å²) in [7, 11) is 0. The molecular formula is C13H19N3O. The first kappa shape index (κ1) is 11.9. The van der Waals surface area contributed by atoms with E-state index in [2.05, 4.69) is 34.3 Å². The van der Waals surface area contributed by atoms with Crippen molar-refractivity contribution in [1.29, 1.82) is 0 Å². The second-order valence-corrected chi connectivity index (χ2v) is 4.32. The quantitative estimate of drug-likeness (QED) is 0.672. The highest BCUT2D eigenvalue weighted by atomic mass is 16.2. The zero-order chi connectivity index (χ0) is 12.1. The van der Waals surface area contributed by atoms with Crippen LogP contribution in [0.4, 0.5) is 5.95 Å². The Kier molecular flexibility index (Phi) is 3.98. The van der Waals surface area contributed by atoms with Crippen LogP contribution in [0, 0.1) is 6.92 Å². The summed E-state index contributed by atoms with van der Waals surface area (Å²) in [5.74, 6) is 0.828. The first-order chi connectivity index (χ1) is 8.29. The zero-order valence-corrected chi connectivity index (χ0v) is 10.2. The van der Waals surface area contributed by atoms with E-state index in [0.29, 0.717) is 0 Å². The van der Waals surface area contributed by atoms with Gasteiger partial charge in [0.15, 0.2) is 0 Å². The molecule has 0 atom stereocenters. The predicted octanol–water partition coefficient (Wildman–Crippen LogP) is 2.45. The van der Waals surface area contributed by atoms with Crippen molar-refractivity contribution in [2.24, 2.45) is 0 Å². The number of aliphatic hydroxyl groups is 1. The Balaban J connectivity index is 1.91. The fraction of sp³-hybridized carbons (Fsp3) is 0.462. The number of nitrogens with zero attached hydrogens (tertiary/aromatic N) is 1. The number of hydrogen-bond acceptors (Lipinski definition) is 3. The third-order valence-corrected chi connectivity index (χ3v) is 2.76. The van der Waals surface area contributed by atoms with Crippen LogP contribution in [0.3, 0.4) is 0 Å². The Hall–Kier alpha value is -1.55. The molecule has 0 amide bonds. The molecule has 0 saturated carbocycles. The van der Waals surface area contributed by atoms with E-state index in [1.807, 2.05) is 6.07 Å². The number of anilines is 1. The first-order valence-electron chi connectivity index (χ1n) is 6.11. The lowest BCUT2D eigenvalue weighted by molar-refractivity contribution is 0.283. The molecule has 2 rings (SSSR count). The summed E-state index contributed by atoms with van der Waals surface area (Å²) >= 11 is 0. The van der Waals surface area contributed by atoms with Gasteiger partial charge in [-0.15, -0.1) is 0 Å². The van der Waals surface area contributed by atoms with Gasteiger partial charge in [-0.3, -0.25) is 0 Å². The molecule has 4 heteroatoms. The van der Waals surface area contributed by atoms with Crippen LogP contribution < -0.4 is 5.32 Å². The summed E-state index contributed by atoms with van der Waals surface area (Å²) in [6, 6.07) is 6.19. The normalized spacial score (nSPS) is 10.9. The summed E-state index contributed by atoms with van der Waals surface area (Å²) < 4.78 is 0. The Bertz CT molecular complexity index is 478. The van der Waals surface area contributed by atoms with Gasteiger partial charge in [0.2, 0.25) is 5.95 Å². The van der Waals surface area contributed by atoms with Crippen molar-refractivity contribution >= 4 is 17.0 Å². The van der Waals surface area contributed by atoms with Crippen molar-refractivity contribution in [3.8, 4) is 0 Å². The van der Waals surface area contributed by atoms with Gasteiger partial charge in [0.25, 0.3) is 0 Å². The number of imidazole rings is 1. The third-order valence-electron chi connectivity index (χ3n) is 2.76. The Morgan fingerprint density at radius 2 is 2.18 bits per heavy atom. The number of benzene rings is 1. The molecule has 0 spiro atoms. The van der Waals surface area contributed by atoms with Gasteiger partial charge in [-0.1, -0.05) is 6.07 Å². The molecule has 0 bridgehead atoms. The molecule has 3 N–H and O–H groups in total. The standard InChI is InChI=1S/C13H19N3O/c1-10-5-6-11-12(9-10)16-13(15-11)14-7-3-2-4-8-17/h5-6,9,17H,2-4,7-8H2,1H3,(H2,14,15,16). The molecule has 17 heavy (non-hydrogen) atoms. The van der Waals surface area contributed by atoms with Crippen LogP contribution in [0.2, 0.25) is 0 Å². The van der Waals surface area contributed by atoms with Crippen LogP contribution in [0.15, 0.2) is 18.2 Å². The molecule has 0 fully saturated rings. The number of hydrogen-bond donors (Lipinski definition) is 3. The monoisotopic (exact) mass is 233 g/mol. The van der Waals surface area contributed by atoms with Crippen LogP contribution in [-0.2, 0) is 0 Å². The first-order valence-corrected chi connectivity index (χ1v) is 6.11. The minimum Gasteiger partial charge on any atom is -0.396 e. The fourth-order valence-electron chi connectivity index (χ4n) is 1.83. The summed E-state index contributed by atoms with van der Waals surface area (Å²) in [5, 5.41) is 11.9. The summed E-state index contributed by atoms with van der Waals surface area (Å²) in [5.41, 5.74) is 3.30. The number of unbranched alkanes of at least 4 members (excludes halogenated alkanes) is 2. The molecule has 0 aliphatic rings. The smallest absolute Gasteiger partial charge is 0.201 e. The second-order valence-electron chi connectivity index (χ2n) is 4.32. The van der Waals surface area contributed by atoms with Gasteiger partial charge in [-0.05, 0) is 43.9 Å². The number of aromatic amines is 1. The molecule has 1 aromatic carbocycles. The average Bonchev–Trinajstić information content (AvgIpc) is 2.70. The second kappa shape index (κ2) is 5.68. The molecule has 4 nitrogen and oxygen atoms in total. The van der Waals surface area contributed by atoms with Crippen LogP contribution in [0.5, 0.6) is 0 Å². The van der Waals surface area contributed by atoms with Crippen molar-refractivity contribution in [2.45, 2.75) is 26.2 Å². The molecule has 1 aromatic heterocycles. The van der Waals surface area contributed by atoms with E-state index >= 15 is 0 Å². The van der Waals surface area contributed by atoms with E-state index in [1.165, 1.54) is 5.56 Å². The van der Waals surface area contributed by atoms with Crippen LogP contribution >= 0.6 is 0 Å². The Morgan fingerprint density at radius 1 is 1.29 bits per heavy atom. The van der Waals surface area contributed by atoms with Gasteiger partial charge in [-0.25, -0.2) is 4.98 Å². The number of fused-ring (bicyclic) bond motifs is 1. The number of rotatable bonds is 6. The van der Waals surface area contributed by atoms with Gasteiger partial charge in [0.05, 0.1) is 11.0 Å². The number of aryl methyl sites for hydroxylation is 1. The fourth-order valence-corrected chi connectivity index (χ4v) is 1.83. The number of aliphatic hydroxyl groups excluding tert-OH is 1. The topological polar surface area (TPSA) is 60.9 Å². The Morgan fingerprint density at radius 3 is 3.00 bits per heavy atom. The molecule has 0 unspecified atom stereocenters. The molecule has 1 heterocycles. The minimum atomic E-state index is 0.282.